The van der Waals surface area contributed by atoms with Crippen molar-refractivity contribution in [3.8, 4) is 0 Å². The molecule has 4 nitrogen and oxygen atoms in total. The third-order valence-corrected chi connectivity index (χ3v) is 6.49. The molecule has 1 aromatic carbocycles. The minimum absolute atomic E-state index is 0.159. The van der Waals surface area contributed by atoms with Crippen molar-refractivity contribution in [2.45, 2.75) is 44.6 Å². The Labute approximate surface area is 155 Å². The number of fused-ring (bicyclic) bond motifs is 1. The highest BCUT2D eigenvalue weighted by molar-refractivity contribution is 5.78. The molecule has 1 aromatic rings. The maximum Gasteiger partial charge on any atom is 0.237 e. The van der Waals surface area contributed by atoms with Gasteiger partial charge in [0.25, 0.3) is 0 Å². The fraction of sp³-hybridized carbons (Fsp3) is 0.667. The molecule has 0 aromatic heterocycles. The number of benzene rings is 1. The van der Waals surface area contributed by atoms with E-state index in [1.807, 2.05) is 12.1 Å². The second-order valence-corrected chi connectivity index (χ2v) is 8.06. The van der Waals surface area contributed by atoms with Crippen LogP contribution in [0, 0.1) is 11.7 Å². The lowest BCUT2D eigenvalue weighted by atomic mass is 9.78. The van der Waals surface area contributed by atoms with Crippen LogP contribution in [0.2, 0.25) is 0 Å². The van der Waals surface area contributed by atoms with Crippen LogP contribution < -0.4 is 4.90 Å². The summed E-state index contributed by atoms with van der Waals surface area (Å²) in [5, 5.41) is 0. The maximum atomic E-state index is 14.0. The number of carbonyl (C=O) groups excluding carboxylic acids is 1. The number of carbonyl (C=O) groups is 1. The van der Waals surface area contributed by atoms with Crippen LogP contribution in [0.25, 0.3) is 0 Å². The zero-order valence-corrected chi connectivity index (χ0v) is 15.6. The van der Waals surface area contributed by atoms with Crippen LogP contribution >= 0.6 is 0 Å². The van der Waals surface area contributed by atoms with E-state index in [1.54, 1.807) is 6.07 Å². The number of piperazine rings is 1. The van der Waals surface area contributed by atoms with E-state index in [1.165, 1.54) is 38.2 Å². The highest BCUT2D eigenvalue weighted by Gasteiger charge is 2.36. The molecule has 142 valence electrons. The quantitative estimate of drug-likeness (QED) is 0.830. The number of piperidine rings is 1. The zero-order chi connectivity index (χ0) is 17.9. The Bertz CT molecular complexity index is 627. The molecule has 2 aliphatic heterocycles. The molecule has 1 aliphatic carbocycles. The van der Waals surface area contributed by atoms with E-state index in [9.17, 15) is 9.18 Å². The number of amides is 1. The average Bonchev–Trinajstić information content (AvgIpc) is 2.68. The summed E-state index contributed by atoms with van der Waals surface area (Å²) >= 11 is 0. The maximum absolute atomic E-state index is 14.0. The Morgan fingerprint density at radius 1 is 0.962 bits per heavy atom. The molecule has 2 unspecified atom stereocenters. The van der Waals surface area contributed by atoms with Crippen LogP contribution in [-0.2, 0) is 4.79 Å². The van der Waals surface area contributed by atoms with Crippen molar-refractivity contribution >= 4 is 11.6 Å². The smallest absolute Gasteiger partial charge is 0.237 e. The van der Waals surface area contributed by atoms with Gasteiger partial charge in [0, 0.05) is 38.8 Å². The van der Waals surface area contributed by atoms with Gasteiger partial charge in [-0.3, -0.25) is 9.69 Å². The molecule has 2 atom stereocenters. The molecule has 0 bridgehead atoms. The number of rotatable bonds is 3. The lowest BCUT2D eigenvalue weighted by Gasteiger charge is -2.45. The molecule has 2 saturated heterocycles. The molecule has 0 N–H and O–H groups in total. The molecule has 4 rings (SSSR count). The van der Waals surface area contributed by atoms with Crippen molar-refractivity contribution in [2.75, 3.05) is 44.2 Å². The van der Waals surface area contributed by atoms with E-state index >= 15 is 0 Å². The minimum Gasteiger partial charge on any atom is -0.367 e. The van der Waals surface area contributed by atoms with Crippen molar-refractivity contribution in [2.24, 2.45) is 5.92 Å². The molecule has 26 heavy (non-hydrogen) atoms. The monoisotopic (exact) mass is 359 g/mol. The first kappa shape index (κ1) is 17.8. The molecule has 0 spiro atoms. The third-order valence-electron chi connectivity index (χ3n) is 6.49. The van der Waals surface area contributed by atoms with Gasteiger partial charge in [-0.2, -0.15) is 0 Å². The van der Waals surface area contributed by atoms with Crippen molar-refractivity contribution in [1.82, 2.24) is 9.80 Å². The Morgan fingerprint density at radius 2 is 1.69 bits per heavy atom. The van der Waals surface area contributed by atoms with E-state index in [0.717, 1.165) is 45.1 Å². The zero-order valence-electron chi connectivity index (χ0n) is 15.6. The van der Waals surface area contributed by atoms with Crippen LogP contribution in [0.1, 0.15) is 38.5 Å². The summed E-state index contributed by atoms with van der Waals surface area (Å²) in [6.07, 6.45) is 7.56. The second-order valence-electron chi connectivity index (χ2n) is 8.06. The molecule has 5 heteroatoms. The predicted molar refractivity (Wildman–Crippen MR) is 102 cm³/mol. The van der Waals surface area contributed by atoms with E-state index < -0.39 is 0 Å². The number of halogens is 1. The number of nitrogens with zero attached hydrogens (tertiary/aromatic N) is 3. The Hall–Kier alpha value is -1.62. The lowest BCUT2D eigenvalue weighted by Crippen LogP contribution is -2.54. The standard InChI is InChI=1S/C21H30FN3O/c22-18-8-2-4-10-20(18)24-14-12-23(13-15-24)16-21(26)25-11-5-7-17-6-1-3-9-19(17)25/h2,4,8,10,17,19H,1,3,5-7,9,11-16H2. The number of para-hydroxylation sites is 1. The number of anilines is 1. The largest absolute Gasteiger partial charge is 0.367 e. The topological polar surface area (TPSA) is 26.8 Å². The Kier molecular flexibility index (Phi) is 5.44. The van der Waals surface area contributed by atoms with Crippen LogP contribution in [0.4, 0.5) is 10.1 Å². The Balaban J connectivity index is 1.31. The average molecular weight is 359 g/mol. The van der Waals surface area contributed by atoms with Gasteiger partial charge in [0.2, 0.25) is 5.91 Å². The summed E-state index contributed by atoms with van der Waals surface area (Å²) < 4.78 is 14.0. The highest BCUT2D eigenvalue weighted by atomic mass is 19.1. The second kappa shape index (κ2) is 7.95. The molecule has 3 fully saturated rings. The molecule has 3 aliphatic rings. The Morgan fingerprint density at radius 3 is 2.50 bits per heavy atom. The number of likely N-dealkylation sites (tertiary alicyclic amines) is 1. The normalized spacial score (nSPS) is 27.3. The van der Waals surface area contributed by atoms with Gasteiger partial charge < -0.3 is 9.80 Å². The number of hydrogen-bond donors (Lipinski definition) is 0. The molecule has 1 amide bonds. The van der Waals surface area contributed by atoms with E-state index in [0.29, 0.717) is 24.2 Å². The third kappa shape index (κ3) is 3.73. The van der Waals surface area contributed by atoms with Crippen LogP contribution in [0.3, 0.4) is 0 Å². The fourth-order valence-electron chi connectivity index (χ4n) is 5.07. The first-order chi connectivity index (χ1) is 12.7. The summed E-state index contributed by atoms with van der Waals surface area (Å²) in [7, 11) is 0. The van der Waals surface area contributed by atoms with Gasteiger partial charge >= 0.3 is 0 Å². The van der Waals surface area contributed by atoms with E-state index in [2.05, 4.69) is 14.7 Å². The van der Waals surface area contributed by atoms with E-state index in [4.69, 9.17) is 0 Å². The van der Waals surface area contributed by atoms with Crippen LogP contribution in [-0.4, -0.2) is 61.0 Å². The first-order valence-corrected chi connectivity index (χ1v) is 10.2. The summed E-state index contributed by atoms with van der Waals surface area (Å²) in [5.74, 6) is 0.883. The van der Waals surface area contributed by atoms with E-state index in [-0.39, 0.29) is 5.82 Å². The fourth-order valence-corrected chi connectivity index (χ4v) is 5.07. The first-order valence-electron chi connectivity index (χ1n) is 10.2. The van der Waals surface area contributed by atoms with Gasteiger partial charge in [0.1, 0.15) is 5.82 Å². The van der Waals surface area contributed by atoms with Gasteiger partial charge in [0.15, 0.2) is 0 Å². The van der Waals surface area contributed by atoms with Gasteiger partial charge in [0.05, 0.1) is 12.2 Å². The number of hydrogen-bond acceptors (Lipinski definition) is 3. The van der Waals surface area contributed by atoms with Crippen molar-refractivity contribution in [3.05, 3.63) is 30.1 Å². The molecule has 0 radical (unpaired) electrons. The molecule has 2 heterocycles. The van der Waals surface area contributed by atoms with Gasteiger partial charge in [-0.15, -0.1) is 0 Å². The summed E-state index contributed by atoms with van der Waals surface area (Å²) in [6.45, 7) is 4.66. The van der Waals surface area contributed by atoms with Crippen LogP contribution in [0.5, 0.6) is 0 Å². The van der Waals surface area contributed by atoms with Crippen molar-refractivity contribution in [1.29, 1.82) is 0 Å². The lowest BCUT2D eigenvalue weighted by molar-refractivity contribution is -0.138. The summed E-state index contributed by atoms with van der Waals surface area (Å²) in [4.78, 5) is 19.5. The molecular formula is C21H30FN3O. The van der Waals surface area contributed by atoms with Crippen molar-refractivity contribution < 1.29 is 9.18 Å². The van der Waals surface area contributed by atoms with Crippen molar-refractivity contribution in [3.63, 3.8) is 0 Å². The molecular weight excluding hydrogens is 329 g/mol. The predicted octanol–water partition coefficient (Wildman–Crippen LogP) is 3.13. The minimum atomic E-state index is -0.159. The summed E-state index contributed by atoms with van der Waals surface area (Å²) in [6, 6.07) is 7.45. The van der Waals surface area contributed by atoms with Gasteiger partial charge in [-0.05, 0) is 43.7 Å². The summed E-state index contributed by atoms with van der Waals surface area (Å²) in [5.41, 5.74) is 0.680. The van der Waals surface area contributed by atoms with Gasteiger partial charge in [-0.25, -0.2) is 4.39 Å². The molecule has 1 saturated carbocycles. The van der Waals surface area contributed by atoms with Crippen LogP contribution in [0.15, 0.2) is 24.3 Å². The highest BCUT2D eigenvalue weighted by Crippen LogP contribution is 2.35. The van der Waals surface area contributed by atoms with Gasteiger partial charge in [-0.1, -0.05) is 25.0 Å². The SMILES string of the molecule is O=C(CN1CCN(c2ccccc2F)CC1)N1CCCC2CCCCC21.